The number of carbonyl (C=O) groups is 1. The zero-order chi connectivity index (χ0) is 22.1. The number of rotatable bonds is 6. The second-order valence-electron chi connectivity index (χ2n) is 7.47. The molecule has 7 nitrogen and oxygen atoms in total. The number of pyridine rings is 2. The molecule has 0 fully saturated rings. The van der Waals surface area contributed by atoms with Gasteiger partial charge in [-0.05, 0) is 42.8 Å². The average molecular weight is 446 g/mol. The monoisotopic (exact) mass is 445 g/mol. The molecule has 0 unspecified atom stereocenters. The van der Waals surface area contributed by atoms with Crippen molar-refractivity contribution in [3.63, 3.8) is 0 Å². The average Bonchev–Trinajstić information content (AvgIpc) is 3.40. The maximum atomic E-state index is 12.8. The molecular formula is C24H20ClN5O2. The van der Waals surface area contributed by atoms with Gasteiger partial charge in [0.15, 0.2) is 0 Å². The number of imidazole rings is 2. The van der Waals surface area contributed by atoms with Crippen LogP contribution in [0.2, 0.25) is 5.02 Å². The number of carbonyl (C=O) groups excluding carboxylic acids is 1. The SMILES string of the molecule is Cc1cccn2cc(COc3ccccc3C(=O)NCc3cn4cc(Cl)ccc4n3)nc12. The van der Waals surface area contributed by atoms with Gasteiger partial charge >= 0.3 is 0 Å². The van der Waals surface area contributed by atoms with Crippen molar-refractivity contribution in [3.8, 4) is 5.75 Å². The normalized spacial score (nSPS) is 11.2. The van der Waals surface area contributed by atoms with Gasteiger partial charge in [-0.3, -0.25) is 4.79 Å². The fourth-order valence-electron chi connectivity index (χ4n) is 3.57. The van der Waals surface area contributed by atoms with E-state index >= 15 is 0 Å². The third-order valence-electron chi connectivity index (χ3n) is 5.13. The summed E-state index contributed by atoms with van der Waals surface area (Å²) < 4.78 is 9.75. The van der Waals surface area contributed by atoms with Crippen LogP contribution in [0.3, 0.4) is 0 Å². The summed E-state index contributed by atoms with van der Waals surface area (Å²) in [5.41, 5.74) is 4.74. The van der Waals surface area contributed by atoms with Crippen LogP contribution in [0.15, 0.2) is 73.3 Å². The van der Waals surface area contributed by atoms with E-state index in [4.69, 9.17) is 16.3 Å². The number of hydrogen-bond donors (Lipinski definition) is 1. The molecule has 0 spiro atoms. The van der Waals surface area contributed by atoms with E-state index in [-0.39, 0.29) is 19.1 Å². The summed E-state index contributed by atoms with van der Waals surface area (Å²) in [5, 5.41) is 3.53. The van der Waals surface area contributed by atoms with Crippen LogP contribution in [-0.2, 0) is 13.2 Å². The van der Waals surface area contributed by atoms with Crippen molar-refractivity contribution in [2.24, 2.45) is 0 Å². The minimum atomic E-state index is -0.235. The molecule has 5 aromatic rings. The number of aromatic nitrogens is 4. The Morgan fingerprint density at radius 3 is 2.72 bits per heavy atom. The minimum absolute atomic E-state index is 0.235. The smallest absolute Gasteiger partial charge is 0.255 e. The van der Waals surface area contributed by atoms with Crippen LogP contribution >= 0.6 is 11.6 Å². The fraction of sp³-hybridized carbons (Fsp3) is 0.125. The van der Waals surface area contributed by atoms with Crippen molar-refractivity contribution >= 4 is 28.8 Å². The van der Waals surface area contributed by atoms with Gasteiger partial charge in [0.25, 0.3) is 5.91 Å². The van der Waals surface area contributed by atoms with E-state index in [0.717, 1.165) is 28.2 Å². The van der Waals surface area contributed by atoms with Crippen molar-refractivity contribution in [1.82, 2.24) is 24.1 Å². The summed E-state index contributed by atoms with van der Waals surface area (Å²) in [7, 11) is 0. The molecule has 1 aromatic carbocycles. The molecule has 1 amide bonds. The highest BCUT2D eigenvalue weighted by atomic mass is 35.5. The number of hydrogen-bond acceptors (Lipinski definition) is 4. The second kappa shape index (κ2) is 8.36. The molecule has 0 aliphatic rings. The van der Waals surface area contributed by atoms with Crippen LogP contribution in [0.5, 0.6) is 5.75 Å². The summed E-state index contributed by atoms with van der Waals surface area (Å²) in [6, 6.07) is 14.8. The van der Waals surface area contributed by atoms with Gasteiger partial charge in [-0.15, -0.1) is 0 Å². The van der Waals surface area contributed by atoms with E-state index in [0.29, 0.717) is 16.3 Å². The van der Waals surface area contributed by atoms with E-state index in [1.807, 2.05) is 64.6 Å². The summed E-state index contributed by atoms with van der Waals surface area (Å²) in [6.07, 6.45) is 7.50. The van der Waals surface area contributed by atoms with Crippen molar-refractivity contribution in [2.75, 3.05) is 0 Å². The Hall–Kier alpha value is -3.84. The number of fused-ring (bicyclic) bond motifs is 2. The third-order valence-corrected chi connectivity index (χ3v) is 5.35. The van der Waals surface area contributed by atoms with Gasteiger partial charge in [0.1, 0.15) is 23.7 Å². The van der Waals surface area contributed by atoms with Crippen molar-refractivity contribution in [3.05, 3.63) is 101 Å². The van der Waals surface area contributed by atoms with Gasteiger partial charge in [0.2, 0.25) is 0 Å². The lowest BCUT2D eigenvalue weighted by Crippen LogP contribution is -2.23. The first-order valence-electron chi connectivity index (χ1n) is 10.1. The van der Waals surface area contributed by atoms with Crippen LogP contribution in [0.25, 0.3) is 11.3 Å². The number of ether oxygens (including phenoxy) is 1. The molecule has 0 atom stereocenters. The summed E-state index contributed by atoms with van der Waals surface area (Å²) >= 11 is 6.02. The van der Waals surface area contributed by atoms with Crippen molar-refractivity contribution in [1.29, 1.82) is 0 Å². The summed E-state index contributed by atoms with van der Waals surface area (Å²) in [4.78, 5) is 22.0. The second-order valence-corrected chi connectivity index (χ2v) is 7.90. The van der Waals surface area contributed by atoms with Gasteiger partial charge in [-0.1, -0.05) is 29.8 Å². The highest BCUT2D eigenvalue weighted by Crippen LogP contribution is 2.20. The van der Waals surface area contributed by atoms with Crippen LogP contribution in [0, 0.1) is 6.92 Å². The largest absolute Gasteiger partial charge is 0.486 e. The van der Waals surface area contributed by atoms with Gasteiger partial charge in [-0.25, -0.2) is 9.97 Å². The van der Waals surface area contributed by atoms with Crippen LogP contribution in [0.4, 0.5) is 0 Å². The molecule has 0 bridgehead atoms. The van der Waals surface area contributed by atoms with Gasteiger partial charge in [0, 0.05) is 24.8 Å². The topological polar surface area (TPSA) is 72.9 Å². The molecule has 1 N–H and O–H groups in total. The predicted molar refractivity (Wildman–Crippen MR) is 122 cm³/mol. The lowest BCUT2D eigenvalue weighted by Gasteiger charge is -2.10. The molecule has 0 saturated carbocycles. The number of para-hydroxylation sites is 1. The Kier molecular flexibility index (Phi) is 5.25. The Morgan fingerprint density at radius 2 is 1.84 bits per heavy atom. The van der Waals surface area contributed by atoms with Crippen LogP contribution in [-0.4, -0.2) is 24.7 Å². The molecule has 0 aliphatic heterocycles. The van der Waals surface area contributed by atoms with E-state index in [2.05, 4.69) is 15.3 Å². The van der Waals surface area contributed by atoms with Gasteiger partial charge in [-0.2, -0.15) is 0 Å². The van der Waals surface area contributed by atoms with E-state index < -0.39 is 0 Å². The molecule has 4 aromatic heterocycles. The first-order chi connectivity index (χ1) is 15.6. The highest BCUT2D eigenvalue weighted by Gasteiger charge is 2.14. The van der Waals surface area contributed by atoms with Crippen molar-refractivity contribution < 1.29 is 9.53 Å². The number of amides is 1. The van der Waals surface area contributed by atoms with Crippen molar-refractivity contribution in [2.45, 2.75) is 20.1 Å². The maximum absolute atomic E-state index is 12.8. The molecular weight excluding hydrogens is 426 g/mol. The van der Waals surface area contributed by atoms with Crippen LogP contribution in [0.1, 0.15) is 27.3 Å². The quantitative estimate of drug-likeness (QED) is 0.419. The number of nitrogens with zero attached hydrogens (tertiary/aromatic N) is 4. The number of aryl methyl sites for hydroxylation is 1. The Balaban J connectivity index is 1.28. The molecule has 0 saturated heterocycles. The molecule has 0 radical (unpaired) electrons. The molecule has 4 heterocycles. The summed E-state index contributed by atoms with van der Waals surface area (Å²) in [5.74, 6) is 0.266. The lowest BCUT2D eigenvalue weighted by molar-refractivity contribution is 0.0946. The zero-order valence-corrected chi connectivity index (χ0v) is 18.1. The first kappa shape index (κ1) is 20.1. The molecule has 160 valence electrons. The molecule has 0 aliphatic carbocycles. The molecule has 32 heavy (non-hydrogen) atoms. The minimum Gasteiger partial charge on any atom is -0.486 e. The molecule has 8 heteroatoms. The summed E-state index contributed by atoms with van der Waals surface area (Å²) in [6.45, 7) is 2.57. The van der Waals surface area contributed by atoms with Gasteiger partial charge < -0.3 is 18.9 Å². The predicted octanol–water partition coefficient (Wildman–Crippen LogP) is 4.45. The Labute approximate surface area is 189 Å². The van der Waals surface area contributed by atoms with E-state index in [1.54, 1.807) is 24.4 Å². The standard InChI is InChI=1S/C24H20ClN5O2/c1-16-5-4-10-29-14-19(28-23(16)29)15-32-21-7-3-2-6-20(21)24(31)26-11-18-13-30-12-17(25)8-9-22(30)27-18/h2-10,12-14H,11,15H2,1H3,(H,26,31). The number of benzene rings is 1. The fourth-order valence-corrected chi connectivity index (χ4v) is 3.74. The maximum Gasteiger partial charge on any atom is 0.255 e. The first-order valence-corrected chi connectivity index (χ1v) is 10.5. The highest BCUT2D eigenvalue weighted by molar-refractivity contribution is 6.30. The number of nitrogens with one attached hydrogen (secondary N) is 1. The third kappa shape index (κ3) is 4.02. The Morgan fingerprint density at radius 1 is 1.00 bits per heavy atom. The lowest BCUT2D eigenvalue weighted by atomic mass is 10.2. The number of halogens is 1. The van der Waals surface area contributed by atoms with E-state index in [1.165, 1.54) is 0 Å². The van der Waals surface area contributed by atoms with E-state index in [9.17, 15) is 4.79 Å². The van der Waals surface area contributed by atoms with Gasteiger partial charge in [0.05, 0.1) is 28.5 Å². The Bertz CT molecular complexity index is 1440. The molecule has 5 rings (SSSR count). The zero-order valence-electron chi connectivity index (χ0n) is 17.3. The van der Waals surface area contributed by atoms with Crippen LogP contribution < -0.4 is 10.1 Å².